The molecule has 0 unspecified atom stereocenters. The molecule has 0 bridgehead atoms. The number of ether oxygens (including phenoxy) is 1. The number of nitrogens with one attached hydrogen (secondary N) is 1. The summed E-state index contributed by atoms with van der Waals surface area (Å²) in [4.78, 5) is 7.17. The maximum atomic E-state index is 5.44. The van der Waals surface area contributed by atoms with E-state index < -0.39 is 0 Å². The van der Waals surface area contributed by atoms with Gasteiger partial charge in [-0.2, -0.15) is 0 Å². The standard InChI is InChI=1S/C17H29N3O/c1-5-6-15-11-14(13-18-17(2,3)4)12-16(19-15)20-7-9-21-10-8-20/h11-12,18H,5-10,13H2,1-4H3. The van der Waals surface area contributed by atoms with E-state index in [1.54, 1.807) is 0 Å². The lowest BCUT2D eigenvalue weighted by atomic mass is 10.1. The van der Waals surface area contributed by atoms with Crippen molar-refractivity contribution in [3.05, 3.63) is 23.4 Å². The monoisotopic (exact) mass is 291 g/mol. The number of aromatic nitrogens is 1. The maximum Gasteiger partial charge on any atom is 0.129 e. The van der Waals surface area contributed by atoms with Gasteiger partial charge in [-0.25, -0.2) is 4.98 Å². The summed E-state index contributed by atoms with van der Waals surface area (Å²) in [6.45, 7) is 13.2. The minimum Gasteiger partial charge on any atom is -0.378 e. The first-order valence-electron chi connectivity index (χ1n) is 8.05. The summed E-state index contributed by atoms with van der Waals surface area (Å²) in [7, 11) is 0. The molecule has 1 aromatic heterocycles. The fraction of sp³-hybridized carbons (Fsp3) is 0.706. The molecule has 0 atom stereocenters. The van der Waals surface area contributed by atoms with Crippen LogP contribution >= 0.6 is 0 Å². The van der Waals surface area contributed by atoms with Gasteiger partial charge in [-0.1, -0.05) is 13.3 Å². The molecule has 0 radical (unpaired) electrons. The van der Waals surface area contributed by atoms with Crippen molar-refractivity contribution < 1.29 is 4.74 Å². The molecule has 2 heterocycles. The molecular formula is C17H29N3O. The highest BCUT2D eigenvalue weighted by molar-refractivity contribution is 5.43. The third-order valence-corrected chi connectivity index (χ3v) is 3.59. The SMILES string of the molecule is CCCc1cc(CNC(C)(C)C)cc(N2CCOCC2)n1. The molecule has 1 N–H and O–H groups in total. The molecule has 1 aromatic rings. The van der Waals surface area contributed by atoms with Gasteiger partial charge in [0.1, 0.15) is 5.82 Å². The van der Waals surface area contributed by atoms with E-state index in [1.165, 1.54) is 11.3 Å². The smallest absolute Gasteiger partial charge is 0.129 e. The van der Waals surface area contributed by atoms with Gasteiger partial charge in [0.2, 0.25) is 0 Å². The van der Waals surface area contributed by atoms with Crippen LogP contribution in [0.1, 0.15) is 45.4 Å². The molecule has 1 aliphatic heterocycles. The Labute approximate surface area is 128 Å². The second kappa shape index (κ2) is 7.23. The number of rotatable bonds is 5. The molecule has 1 aliphatic rings. The molecule has 2 rings (SSSR count). The lowest BCUT2D eigenvalue weighted by molar-refractivity contribution is 0.122. The largest absolute Gasteiger partial charge is 0.378 e. The molecule has 4 nitrogen and oxygen atoms in total. The fourth-order valence-electron chi connectivity index (χ4n) is 2.44. The van der Waals surface area contributed by atoms with Crippen LogP contribution in [0.25, 0.3) is 0 Å². The Balaban J connectivity index is 2.16. The minimum atomic E-state index is 0.132. The van der Waals surface area contributed by atoms with Gasteiger partial charge < -0.3 is 15.0 Å². The minimum absolute atomic E-state index is 0.132. The van der Waals surface area contributed by atoms with E-state index in [0.717, 1.165) is 51.5 Å². The van der Waals surface area contributed by atoms with Crippen molar-refractivity contribution in [3.8, 4) is 0 Å². The third kappa shape index (κ3) is 5.29. The zero-order chi connectivity index (χ0) is 15.3. The normalized spacial score (nSPS) is 16.3. The third-order valence-electron chi connectivity index (χ3n) is 3.59. The van der Waals surface area contributed by atoms with Crippen molar-refractivity contribution in [2.75, 3.05) is 31.2 Å². The molecular weight excluding hydrogens is 262 g/mol. The van der Waals surface area contributed by atoms with Crippen molar-refractivity contribution >= 4 is 5.82 Å². The van der Waals surface area contributed by atoms with Crippen molar-refractivity contribution in [1.29, 1.82) is 0 Å². The second-order valence-corrected chi connectivity index (χ2v) is 6.78. The molecule has 0 aromatic carbocycles. The number of morpholine rings is 1. The number of pyridine rings is 1. The second-order valence-electron chi connectivity index (χ2n) is 6.78. The number of hydrogen-bond donors (Lipinski definition) is 1. The Bertz CT molecular complexity index is 448. The predicted molar refractivity (Wildman–Crippen MR) is 87.9 cm³/mol. The fourth-order valence-corrected chi connectivity index (χ4v) is 2.44. The van der Waals surface area contributed by atoms with Gasteiger partial charge in [-0.15, -0.1) is 0 Å². The molecule has 0 amide bonds. The zero-order valence-corrected chi connectivity index (χ0v) is 13.9. The van der Waals surface area contributed by atoms with Crippen molar-refractivity contribution in [2.45, 2.75) is 52.6 Å². The van der Waals surface area contributed by atoms with Crippen LogP contribution in [0.5, 0.6) is 0 Å². The van der Waals surface area contributed by atoms with Gasteiger partial charge in [0.05, 0.1) is 13.2 Å². The number of anilines is 1. The summed E-state index contributed by atoms with van der Waals surface area (Å²) < 4.78 is 5.44. The summed E-state index contributed by atoms with van der Waals surface area (Å²) in [5.74, 6) is 1.11. The molecule has 21 heavy (non-hydrogen) atoms. The Morgan fingerprint density at radius 3 is 2.57 bits per heavy atom. The van der Waals surface area contributed by atoms with Crippen molar-refractivity contribution in [2.24, 2.45) is 0 Å². The summed E-state index contributed by atoms with van der Waals surface area (Å²) in [6, 6.07) is 4.47. The van der Waals surface area contributed by atoms with E-state index in [9.17, 15) is 0 Å². The van der Waals surface area contributed by atoms with Crippen LogP contribution < -0.4 is 10.2 Å². The van der Waals surface area contributed by atoms with Crippen LogP contribution in [0.4, 0.5) is 5.82 Å². The first kappa shape index (κ1) is 16.2. The molecule has 0 spiro atoms. The molecule has 1 fully saturated rings. The van der Waals surface area contributed by atoms with E-state index in [-0.39, 0.29) is 5.54 Å². The van der Waals surface area contributed by atoms with Gasteiger partial charge >= 0.3 is 0 Å². The van der Waals surface area contributed by atoms with Gasteiger partial charge in [0.15, 0.2) is 0 Å². The number of hydrogen-bond acceptors (Lipinski definition) is 4. The molecule has 4 heteroatoms. The summed E-state index contributed by atoms with van der Waals surface area (Å²) >= 11 is 0. The quantitative estimate of drug-likeness (QED) is 0.905. The molecule has 0 saturated carbocycles. The van der Waals surface area contributed by atoms with Crippen LogP contribution in [0.2, 0.25) is 0 Å². The Morgan fingerprint density at radius 1 is 1.24 bits per heavy atom. The van der Waals surface area contributed by atoms with E-state index >= 15 is 0 Å². The van der Waals surface area contributed by atoms with Crippen molar-refractivity contribution in [3.63, 3.8) is 0 Å². The number of nitrogens with zero attached hydrogens (tertiary/aromatic N) is 2. The highest BCUT2D eigenvalue weighted by atomic mass is 16.5. The van der Waals surface area contributed by atoms with Crippen LogP contribution in [-0.2, 0) is 17.7 Å². The lowest BCUT2D eigenvalue weighted by Crippen LogP contribution is -2.37. The Morgan fingerprint density at radius 2 is 1.95 bits per heavy atom. The number of aryl methyl sites for hydroxylation is 1. The van der Waals surface area contributed by atoms with Gasteiger partial charge in [0, 0.05) is 30.9 Å². The van der Waals surface area contributed by atoms with Gasteiger partial charge in [0.25, 0.3) is 0 Å². The highest BCUT2D eigenvalue weighted by Gasteiger charge is 2.15. The molecule has 1 saturated heterocycles. The Kier molecular flexibility index (Phi) is 5.59. The molecule has 0 aliphatic carbocycles. The summed E-state index contributed by atoms with van der Waals surface area (Å²) in [5, 5.41) is 3.57. The van der Waals surface area contributed by atoms with Gasteiger partial charge in [-0.05, 0) is 44.9 Å². The average molecular weight is 291 g/mol. The van der Waals surface area contributed by atoms with Crippen molar-refractivity contribution in [1.82, 2.24) is 10.3 Å². The predicted octanol–water partition coefficient (Wildman–Crippen LogP) is 2.76. The van der Waals surface area contributed by atoms with Crippen LogP contribution in [0.3, 0.4) is 0 Å². The van der Waals surface area contributed by atoms with Crippen LogP contribution in [0.15, 0.2) is 12.1 Å². The highest BCUT2D eigenvalue weighted by Crippen LogP contribution is 2.18. The van der Waals surface area contributed by atoms with E-state index in [2.05, 4.69) is 50.0 Å². The maximum absolute atomic E-state index is 5.44. The average Bonchev–Trinajstić information content (AvgIpc) is 2.46. The Hall–Kier alpha value is -1.13. The molecule has 118 valence electrons. The summed E-state index contributed by atoms with van der Waals surface area (Å²) in [5.41, 5.74) is 2.66. The van der Waals surface area contributed by atoms with E-state index in [4.69, 9.17) is 9.72 Å². The van der Waals surface area contributed by atoms with Crippen LogP contribution in [0, 0.1) is 0 Å². The zero-order valence-electron chi connectivity index (χ0n) is 13.9. The first-order valence-corrected chi connectivity index (χ1v) is 8.05. The van der Waals surface area contributed by atoms with E-state index in [0.29, 0.717) is 0 Å². The van der Waals surface area contributed by atoms with Crippen LogP contribution in [-0.4, -0.2) is 36.8 Å². The topological polar surface area (TPSA) is 37.4 Å². The van der Waals surface area contributed by atoms with E-state index in [1.807, 2.05) is 0 Å². The summed E-state index contributed by atoms with van der Waals surface area (Å²) in [6.07, 6.45) is 2.17. The first-order chi connectivity index (χ1) is 9.98. The van der Waals surface area contributed by atoms with Gasteiger partial charge in [-0.3, -0.25) is 0 Å². The lowest BCUT2D eigenvalue weighted by Gasteiger charge is -2.29.